The van der Waals surface area contributed by atoms with Gasteiger partial charge in [0.05, 0.1) is 22.7 Å². The molecular weight excluding hydrogens is 443 g/mol. The molecule has 0 aliphatic carbocycles. The lowest BCUT2D eigenvalue weighted by Crippen LogP contribution is -2.40. The smallest absolute Gasteiger partial charge is 0.324 e. The zero-order valence-electron chi connectivity index (χ0n) is 15.4. The second kappa shape index (κ2) is 9.93. The van der Waals surface area contributed by atoms with E-state index in [9.17, 15) is 18.0 Å². The Morgan fingerprint density at radius 1 is 1.10 bits per heavy atom. The van der Waals surface area contributed by atoms with Crippen molar-refractivity contribution in [1.29, 1.82) is 0 Å². The largest absolute Gasteiger partial charge is 0.497 e. The van der Waals surface area contributed by atoms with E-state index in [0.29, 0.717) is 10.8 Å². The number of anilines is 1. The van der Waals surface area contributed by atoms with Crippen molar-refractivity contribution in [3.8, 4) is 5.75 Å². The van der Waals surface area contributed by atoms with Crippen LogP contribution < -0.4 is 14.8 Å². The van der Waals surface area contributed by atoms with Crippen LogP contribution in [0.5, 0.6) is 5.75 Å². The molecule has 2 N–H and O–H groups in total. The predicted octanol–water partition coefficient (Wildman–Crippen LogP) is 2.85. The summed E-state index contributed by atoms with van der Waals surface area (Å²) in [5.41, 5.74) is 0.258. The van der Waals surface area contributed by atoms with Crippen molar-refractivity contribution < 1.29 is 27.5 Å². The zero-order chi connectivity index (χ0) is 21.6. The fraction of sp³-hybridized carbons (Fsp3) is 0.222. The number of nitrogens with one attached hydrogen (secondary N) is 2. The summed E-state index contributed by atoms with van der Waals surface area (Å²) in [5, 5.41) is 3.07. The number of hydrogen-bond acceptors (Lipinski definition) is 6. The standard InChI is InChI=1S/C18H18Cl2N2O6S/c1-11(22-29(25,26)14-6-4-13(27-2)5-7-14)18(24)28-10-17(23)21-16-9-12(19)3-8-15(16)20/h3-9,11,22H,10H2,1-2H3,(H,21,23). The molecule has 11 heteroatoms. The molecule has 1 unspecified atom stereocenters. The number of methoxy groups -OCH3 is 1. The fourth-order valence-electron chi connectivity index (χ4n) is 2.15. The molecule has 0 bridgehead atoms. The first kappa shape index (κ1) is 23.0. The summed E-state index contributed by atoms with van der Waals surface area (Å²) >= 11 is 11.8. The second-order valence-corrected chi connectivity index (χ2v) is 8.36. The number of sulfonamides is 1. The number of carbonyl (C=O) groups is 2. The van der Waals surface area contributed by atoms with Gasteiger partial charge in [0.15, 0.2) is 6.61 Å². The van der Waals surface area contributed by atoms with Gasteiger partial charge in [-0.25, -0.2) is 8.42 Å². The van der Waals surface area contributed by atoms with E-state index in [4.69, 9.17) is 32.7 Å². The molecule has 0 aliphatic heterocycles. The van der Waals surface area contributed by atoms with Crippen LogP contribution in [0, 0.1) is 0 Å². The normalized spacial score (nSPS) is 12.1. The van der Waals surface area contributed by atoms with E-state index in [1.54, 1.807) is 6.07 Å². The minimum Gasteiger partial charge on any atom is -0.497 e. The molecule has 2 rings (SSSR count). The molecule has 0 heterocycles. The van der Waals surface area contributed by atoms with Crippen molar-refractivity contribution >= 4 is 50.8 Å². The third-order valence-corrected chi connectivity index (χ3v) is 5.72. The van der Waals surface area contributed by atoms with Gasteiger partial charge in [-0.15, -0.1) is 0 Å². The molecule has 0 saturated heterocycles. The maximum atomic E-state index is 12.3. The van der Waals surface area contributed by atoms with Gasteiger partial charge in [-0.2, -0.15) is 4.72 Å². The van der Waals surface area contributed by atoms with Crippen LogP contribution in [0.15, 0.2) is 47.4 Å². The Kier molecular flexibility index (Phi) is 7.86. The van der Waals surface area contributed by atoms with E-state index in [1.165, 1.54) is 50.4 Å². The molecule has 1 atom stereocenters. The molecule has 1 amide bonds. The summed E-state index contributed by atoms with van der Waals surface area (Å²) in [6.45, 7) is 0.672. The highest BCUT2D eigenvalue weighted by atomic mass is 35.5. The molecule has 2 aromatic carbocycles. The lowest BCUT2D eigenvalue weighted by atomic mass is 10.3. The molecule has 8 nitrogen and oxygen atoms in total. The Labute approximate surface area is 178 Å². The highest BCUT2D eigenvalue weighted by molar-refractivity contribution is 7.89. The Bertz CT molecular complexity index is 996. The molecule has 0 saturated carbocycles. The van der Waals surface area contributed by atoms with Gasteiger partial charge in [0, 0.05) is 5.02 Å². The van der Waals surface area contributed by atoms with Crippen molar-refractivity contribution in [2.45, 2.75) is 17.9 Å². The maximum Gasteiger partial charge on any atom is 0.324 e. The first-order valence-corrected chi connectivity index (χ1v) is 10.4. The van der Waals surface area contributed by atoms with Crippen LogP contribution in [0.2, 0.25) is 10.0 Å². The SMILES string of the molecule is COc1ccc(S(=O)(=O)NC(C)C(=O)OCC(=O)Nc2cc(Cl)ccc2Cl)cc1. The van der Waals surface area contributed by atoms with Gasteiger partial charge in [0.25, 0.3) is 5.91 Å². The molecular formula is C18H18Cl2N2O6S. The van der Waals surface area contributed by atoms with E-state index in [2.05, 4.69) is 10.0 Å². The Hall–Kier alpha value is -2.33. The highest BCUT2D eigenvalue weighted by Gasteiger charge is 2.24. The molecule has 0 aliphatic rings. The molecule has 29 heavy (non-hydrogen) atoms. The van der Waals surface area contributed by atoms with Gasteiger partial charge < -0.3 is 14.8 Å². The molecule has 0 spiro atoms. The van der Waals surface area contributed by atoms with Crippen LogP contribution in [0.4, 0.5) is 5.69 Å². The highest BCUT2D eigenvalue weighted by Crippen LogP contribution is 2.25. The summed E-state index contributed by atoms with van der Waals surface area (Å²) in [4.78, 5) is 23.9. The van der Waals surface area contributed by atoms with Crippen LogP contribution >= 0.6 is 23.2 Å². The van der Waals surface area contributed by atoms with Crippen molar-refractivity contribution in [2.75, 3.05) is 19.0 Å². The summed E-state index contributed by atoms with van der Waals surface area (Å²) in [6, 6.07) is 8.89. The van der Waals surface area contributed by atoms with Crippen molar-refractivity contribution in [2.24, 2.45) is 0 Å². The van der Waals surface area contributed by atoms with Gasteiger partial charge in [-0.1, -0.05) is 23.2 Å². The second-order valence-electron chi connectivity index (χ2n) is 5.80. The van der Waals surface area contributed by atoms with Gasteiger partial charge in [-0.05, 0) is 49.4 Å². The average molecular weight is 461 g/mol. The first-order valence-electron chi connectivity index (χ1n) is 8.20. The minimum atomic E-state index is -3.97. The number of amides is 1. The fourth-order valence-corrected chi connectivity index (χ4v) is 3.67. The van der Waals surface area contributed by atoms with Gasteiger partial charge in [0.1, 0.15) is 11.8 Å². The number of ether oxygens (including phenoxy) is 2. The summed E-state index contributed by atoms with van der Waals surface area (Å²) in [6.07, 6.45) is 0. The molecule has 2 aromatic rings. The number of benzene rings is 2. The topological polar surface area (TPSA) is 111 Å². The molecule has 156 valence electrons. The Balaban J connectivity index is 1.90. The number of rotatable bonds is 8. The number of carbonyl (C=O) groups excluding carboxylic acids is 2. The lowest BCUT2D eigenvalue weighted by Gasteiger charge is -2.14. The maximum absolute atomic E-state index is 12.3. The van der Waals surface area contributed by atoms with Crippen LogP contribution in [0.1, 0.15) is 6.92 Å². The van der Waals surface area contributed by atoms with E-state index in [1.807, 2.05) is 0 Å². The minimum absolute atomic E-state index is 0.0497. The summed E-state index contributed by atoms with van der Waals surface area (Å²) < 4.78 is 36.7. The summed E-state index contributed by atoms with van der Waals surface area (Å²) in [5.74, 6) is -1.09. The Morgan fingerprint density at radius 2 is 1.76 bits per heavy atom. The lowest BCUT2D eigenvalue weighted by molar-refractivity contribution is -0.148. The third kappa shape index (κ3) is 6.60. The first-order chi connectivity index (χ1) is 13.6. The van der Waals surface area contributed by atoms with E-state index < -0.39 is 34.5 Å². The van der Waals surface area contributed by atoms with Gasteiger partial charge in [-0.3, -0.25) is 9.59 Å². The molecule has 0 aromatic heterocycles. The van der Waals surface area contributed by atoms with E-state index in [-0.39, 0.29) is 15.6 Å². The predicted molar refractivity (Wildman–Crippen MR) is 109 cm³/mol. The molecule has 0 fully saturated rings. The average Bonchev–Trinajstić information content (AvgIpc) is 2.68. The third-order valence-electron chi connectivity index (χ3n) is 3.60. The Morgan fingerprint density at radius 3 is 2.38 bits per heavy atom. The number of halogens is 2. The molecule has 0 radical (unpaired) electrons. The zero-order valence-corrected chi connectivity index (χ0v) is 17.8. The summed E-state index contributed by atoms with van der Waals surface area (Å²) in [7, 11) is -2.51. The van der Waals surface area contributed by atoms with Crippen LogP contribution in [0.3, 0.4) is 0 Å². The van der Waals surface area contributed by atoms with Crippen molar-refractivity contribution in [3.63, 3.8) is 0 Å². The van der Waals surface area contributed by atoms with E-state index >= 15 is 0 Å². The van der Waals surface area contributed by atoms with Gasteiger partial charge in [0.2, 0.25) is 10.0 Å². The van der Waals surface area contributed by atoms with E-state index in [0.717, 1.165) is 0 Å². The quantitative estimate of drug-likeness (QED) is 0.585. The number of hydrogen-bond donors (Lipinski definition) is 2. The van der Waals surface area contributed by atoms with Crippen LogP contribution in [-0.4, -0.2) is 40.1 Å². The van der Waals surface area contributed by atoms with Crippen LogP contribution in [0.25, 0.3) is 0 Å². The van der Waals surface area contributed by atoms with Crippen molar-refractivity contribution in [1.82, 2.24) is 4.72 Å². The van der Waals surface area contributed by atoms with Crippen LogP contribution in [-0.2, 0) is 24.3 Å². The number of esters is 1. The monoisotopic (exact) mass is 460 g/mol. The van der Waals surface area contributed by atoms with Crippen molar-refractivity contribution in [3.05, 3.63) is 52.5 Å². The van der Waals surface area contributed by atoms with Gasteiger partial charge >= 0.3 is 5.97 Å².